The molecule has 5 heteroatoms. The number of nitrogens with one attached hydrogen (secondary N) is 1. The molecule has 0 amide bonds. The van der Waals surface area contributed by atoms with Crippen LogP contribution in [-0.2, 0) is 0 Å². The summed E-state index contributed by atoms with van der Waals surface area (Å²) in [6, 6.07) is 7.57. The van der Waals surface area contributed by atoms with E-state index in [9.17, 15) is 4.79 Å². The van der Waals surface area contributed by atoms with E-state index in [-0.39, 0.29) is 5.69 Å². The summed E-state index contributed by atoms with van der Waals surface area (Å²) in [6.45, 7) is 0. The molecule has 2 heterocycles. The highest BCUT2D eigenvalue weighted by atomic mass is 16.1. The van der Waals surface area contributed by atoms with Crippen LogP contribution in [0.2, 0.25) is 0 Å². The van der Waals surface area contributed by atoms with Crippen LogP contribution in [0.3, 0.4) is 0 Å². The summed E-state index contributed by atoms with van der Waals surface area (Å²) in [4.78, 5) is 11.3. The van der Waals surface area contributed by atoms with Crippen molar-refractivity contribution in [3.8, 4) is 0 Å². The first-order chi connectivity index (χ1) is 6.86. The Labute approximate surface area is 78.0 Å². The van der Waals surface area contributed by atoms with E-state index in [0.29, 0.717) is 0 Å². The van der Waals surface area contributed by atoms with Gasteiger partial charge >= 0.3 is 5.69 Å². The maximum absolute atomic E-state index is 11.3. The number of nitrogens with zero attached hydrogens (tertiary/aromatic N) is 3. The lowest BCUT2D eigenvalue weighted by Gasteiger charge is -1.87. The van der Waals surface area contributed by atoms with Crippen molar-refractivity contribution in [3.63, 3.8) is 0 Å². The van der Waals surface area contributed by atoms with E-state index >= 15 is 0 Å². The van der Waals surface area contributed by atoms with Gasteiger partial charge in [0.2, 0.25) is 0 Å². The highest BCUT2D eigenvalue weighted by Gasteiger charge is 2.05. The summed E-state index contributed by atoms with van der Waals surface area (Å²) in [7, 11) is 0. The zero-order valence-corrected chi connectivity index (χ0v) is 7.14. The SMILES string of the molecule is O=c1[nH]ncc2c3ccccc3nn12. The number of benzene rings is 1. The second-order valence-corrected chi connectivity index (χ2v) is 2.99. The molecule has 0 atom stereocenters. The van der Waals surface area contributed by atoms with Crippen LogP contribution in [0.15, 0.2) is 35.3 Å². The summed E-state index contributed by atoms with van der Waals surface area (Å²) in [5, 5.41) is 11.2. The average Bonchev–Trinajstić information content (AvgIpc) is 2.59. The number of rotatable bonds is 0. The van der Waals surface area contributed by atoms with Crippen molar-refractivity contribution >= 4 is 16.4 Å². The van der Waals surface area contributed by atoms with Gasteiger partial charge in [0.25, 0.3) is 0 Å². The van der Waals surface area contributed by atoms with Crippen LogP contribution in [0, 0.1) is 0 Å². The Kier molecular flexibility index (Phi) is 1.25. The molecule has 0 radical (unpaired) electrons. The van der Waals surface area contributed by atoms with Crippen molar-refractivity contribution in [2.75, 3.05) is 0 Å². The molecule has 0 aliphatic heterocycles. The van der Waals surface area contributed by atoms with Gasteiger partial charge in [-0.05, 0) is 6.07 Å². The molecule has 68 valence electrons. The van der Waals surface area contributed by atoms with Gasteiger partial charge in [-0.2, -0.15) is 14.7 Å². The molecule has 0 fully saturated rings. The van der Waals surface area contributed by atoms with Crippen LogP contribution >= 0.6 is 0 Å². The first-order valence-electron chi connectivity index (χ1n) is 4.17. The summed E-state index contributed by atoms with van der Waals surface area (Å²) in [5.41, 5.74) is 1.20. The Morgan fingerprint density at radius 3 is 3.07 bits per heavy atom. The minimum Gasteiger partial charge on any atom is -0.244 e. The zero-order chi connectivity index (χ0) is 9.54. The highest BCUT2D eigenvalue weighted by Crippen LogP contribution is 2.15. The standard InChI is InChI=1S/C9H6N4O/c14-9-11-10-5-8-6-3-1-2-4-7(6)12-13(8)9/h1-5H,(H,11,14). The van der Waals surface area contributed by atoms with Crippen LogP contribution in [0.1, 0.15) is 0 Å². The summed E-state index contributed by atoms with van der Waals surface area (Å²) in [6.07, 6.45) is 1.59. The number of H-pyrrole nitrogens is 1. The average molecular weight is 186 g/mol. The number of aromatic amines is 1. The lowest BCUT2D eigenvalue weighted by atomic mass is 10.2. The molecule has 0 aliphatic carbocycles. The summed E-state index contributed by atoms with van der Waals surface area (Å²) < 4.78 is 1.32. The largest absolute Gasteiger partial charge is 0.363 e. The Morgan fingerprint density at radius 1 is 1.29 bits per heavy atom. The summed E-state index contributed by atoms with van der Waals surface area (Å²) >= 11 is 0. The fourth-order valence-electron chi connectivity index (χ4n) is 1.53. The highest BCUT2D eigenvalue weighted by molar-refractivity contribution is 5.93. The molecule has 0 saturated carbocycles. The minimum absolute atomic E-state index is 0.321. The van der Waals surface area contributed by atoms with Gasteiger partial charge in [0, 0.05) is 5.39 Å². The van der Waals surface area contributed by atoms with Crippen molar-refractivity contribution in [2.45, 2.75) is 0 Å². The van der Waals surface area contributed by atoms with Crippen LogP contribution in [0.4, 0.5) is 0 Å². The van der Waals surface area contributed by atoms with Crippen LogP contribution < -0.4 is 5.69 Å². The molecule has 14 heavy (non-hydrogen) atoms. The number of aromatic nitrogens is 4. The molecule has 2 aromatic heterocycles. The van der Waals surface area contributed by atoms with Gasteiger partial charge in [0.1, 0.15) is 0 Å². The van der Waals surface area contributed by atoms with Gasteiger partial charge in [-0.3, -0.25) is 0 Å². The number of hydrogen-bond acceptors (Lipinski definition) is 3. The van der Waals surface area contributed by atoms with E-state index in [0.717, 1.165) is 16.4 Å². The molecule has 1 aromatic carbocycles. The van der Waals surface area contributed by atoms with Crippen molar-refractivity contribution in [2.24, 2.45) is 0 Å². The third-order valence-corrected chi connectivity index (χ3v) is 2.16. The van der Waals surface area contributed by atoms with E-state index in [1.54, 1.807) is 6.20 Å². The fourth-order valence-corrected chi connectivity index (χ4v) is 1.53. The first-order valence-corrected chi connectivity index (χ1v) is 4.17. The lowest BCUT2D eigenvalue weighted by molar-refractivity contribution is 0.818. The Hall–Kier alpha value is -2.17. The molecule has 3 aromatic rings. The van der Waals surface area contributed by atoms with Crippen LogP contribution in [-0.4, -0.2) is 19.8 Å². The van der Waals surface area contributed by atoms with Crippen molar-refractivity contribution in [1.82, 2.24) is 19.8 Å². The van der Waals surface area contributed by atoms with Crippen molar-refractivity contribution < 1.29 is 0 Å². The van der Waals surface area contributed by atoms with Gasteiger partial charge < -0.3 is 0 Å². The third kappa shape index (κ3) is 0.806. The minimum atomic E-state index is -0.321. The van der Waals surface area contributed by atoms with Gasteiger partial charge in [-0.1, -0.05) is 18.2 Å². The molecule has 0 saturated heterocycles. The first kappa shape index (κ1) is 7.25. The fraction of sp³-hybridized carbons (Fsp3) is 0. The normalized spacial score (nSPS) is 11.1. The van der Waals surface area contributed by atoms with Crippen molar-refractivity contribution in [3.05, 3.63) is 40.9 Å². The quantitative estimate of drug-likeness (QED) is 0.558. The second kappa shape index (κ2) is 2.41. The number of hydrogen-bond donors (Lipinski definition) is 1. The van der Waals surface area contributed by atoms with Crippen LogP contribution in [0.5, 0.6) is 0 Å². The van der Waals surface area contributed by atoms with E-state index in [4.69, 9.17) is 0 Å². The third-order valence-electron chi connectivity index (χ3n) is 2.16. The molecule has 0 bridgehead atoms. The van der Waals surface area contributed by atoms with Crippen molar-refractivity contribution in [1.29, 1.82) is 0 Å². The van der Waals surface area contributed by atoms with Gasteiger partial charge in [0.05, 0.1) is 17.2 Å². The van der Waals surface area contributed by atoms with Gasteiger partial charge in [0.15, 0.2) is 0 Å². The van der Waals surface area contributed by atoms with E-state index in [1.807, 2.05) is 24.3 Å². The molecule has 1 N–H and O–H groups in total. The molecule has 0 unspecified atom stereocenters. The molecular formula is C9H6N4O. The maximum atomic E-state index is 11.3. The predicted molar refractivity (Wildman–Crippen MR) is 51.1 cm³/mol. The van der Waals surface area contributed by atoms with E-state index in [2.05, 4.69) is 15.3 Å². The molecule has 3 rings (SSSR count). The summed E-state index contributed by atoms with van der Waals surface area (Å²) in [5.74, 6) is 0. The monoisotopic (exact) mass is 186 g/mol. The predicted octanol–water partition coefficient (Wildman–Crippen LogP) is 0.571. The Bertz CT molecular complexity index is 667. The Morgan fingerprint density at radius 2 is 2.14 bits per heavy atom. The lowest BCUT2D eigenvalue weighted by Crippen LogP contribution is -2.17. The molecule has 0 spiro atoms. The maximum Gasteiger partial charge on any atom is 0.363 e. The second-order valence-electron chi connectivity index (χ2n) is 2.99. The topological polar surface area (TPSA) is 63.0 Å². The zero-order valence-electron chi connectivity index (χ0n) is 7.14. The molecule has 0 aliphatic rings. The van der Waals surface area contributed by atoms with E-state index < -0.39 is 0 Å². The molecule has 5 nitrogen and oxygen atoms in total. The smallest absolute Gasteiger partial charge is 0.244 e. The Balaban J connectivity index is 2.70. The van der Waals surface area contributed by atoms with Gasteiger partial charge in [-0.25, -0.2) is 9.89 Å². The molecular weight excluding hydrogens is 180 g/mol. The van der Waals surface area contributed by atoms with Crippen LogP contribution in [0.25, 0.3) is 16.4 Å². The number of fused-ring (bicyclic) bond motifs is 3. The van der Waals surface area contributed by atoms with E-state index in [1.165, 1.54) is 4.52 Å². The van der Waals surface area contributed by atoms with Gasteiger partial charge in [-0.15, -0.1) is 0 Å².